The highest BCUT2D eigenvalue weighted by atomic mass is 16.5. The topological polar surface area (TPSA) is 46.5 Å². The Labute approximate surface area is 97.2 Å². The summed E-state index contributed by atoms with van der Waals surface area (Å²) in [6.45, 7) is 3.69. The van der Waals surface area contributed by atoms with Crippen molar-refractivity contribution in [3.05, 3.63) is 0 Å². The summed E-state index contributed by atoms with van der Waals surface area (Å²) >= 11 is 0. The van der Waals surface area contributed by atoms with E-state index in [1.165, 1.54) is 0 Å². The molecule has 2 aliphatic rings. The molecule has 0 aromatic carbocycles. The summed E-state index contributed by atoms with van der Waals surface area (Å²) in [5.74, 6) is 0.345. The van der Waals surface area contributed by atoms with Gasteiger partial charge in [0.1, 0.15) is 0 Å². The molecule has 1 N–H and O–H groups in total. The smallest absolute Gasteiger partial charge is 0.310 e. The fourth-order valence-corrected chi connectivity index (χ4v) is 3.25. The third kappa shape index (κ3) is 2.10. The van der Waals surface area contributed by atoms with E-state index in [1.54, 1.807) is 0 Å². The van der Waals surface area contributed by atoms with Crippen molar-refractivity contribution in [2.75, 3.05) is 13.2 Å². The second-order valence-electron chi connectivity index (χ2n) is 5.56. The Morgan fingerprint density at radius 3 is 2.50 bits per heavy atom. The van der Waals surface area contributed by atoms with Crippen LogP contribution < -0.4 is 0 Å². The van der Waals surface area contributed by atoms with Gasteiger partial charge in [0, 0.05) is 6.61 Å². The third-order valence-corrected chi connectivity index (χ3v) is 4.53. The Balaban J connectivity index is 2.11. The van der Waals surface area contributed by atoms with Crippen LogP contribution in [0.15, 0.2) is 0 Å². The Morgan fingerprint density at radius 2 is 2.00 bits per heavy atom. The molecule has 16 heavy (non-hydrogen) atoms. The quantitative estimate of drug-likeness (QED) is 0.787. The predicted octanol–water partition coefficient (Wildman–Crippen LogP) is 2.69. The molecule has 0 amide bonds. The van der Waals surface area contributed by atoms with E-state index in [4.69, 9.17) is 4.74 Å². The van der Waals surface area contributed by atoms with Crippen LogP contribution in [0, 0.1) is 17.3 Å². The van der Waals surface area contributed by atoms with Gasteiger partial charge in [-0.05, 0) is 50.4 Å². The van der Waals surface area contributed by atoms with Crippen molar-refractivity contribution < 1.29 is 14.6 Å². The normalized spacial score (nSPS) is 40.6. The maximum atomic E-state index is 11.6. The molecule has 1 aliphatic heterocycles. The van der Waals surface area contributed by atoms with Crippen molar-refractivity contribution in [3.63, 3.8) is 0 Å². The molecule has 92 valence electrons. The molecule has 0 bridgehead atoms. The molecule has 1 aliphatic carbocycles. The molecule has 1 atom stereocenters. The Kier molecular flexibility index (Phi) is 3.53. The van der Waals surface area contributed by atoms with Gasteiger partial charge in [-0.15, -0.1) is 0 Å². The van der Waals surface area contributed by atoms with Crippen LogP contribution in [0.5, 0.6) is 0 Å². The number of aliphatic carboxylic acids is 1. The van der Waals surface area contributed by atoms with Crippen LogP contribution in [0.25, 0.3) is 0 Å². The van der Waals surface area contributed by atoms with Crippen LogP contribution in [0.1, 0.15) is 45.4 Å². The lowest BCUT2D eigenvalue weighted by Gasteiger charge is -2.43. The van der Waals surface area contributed by atoms with E-state index in [9.17, 15) is 9.90 Å². The summed E-state index contributed by atoms with van der Waals surface area (Å²) in [6.07, 6.45) is 5.86. The number of carboxylic acids is 1. The monoisotopic (exact) mass is 226 g/mol. The van der Waals surface area contributed by atoms with E-state index in [2.05, 4.69) is 6.92 Å². The number of hydrogen-bond acceptors (Lipinski definition) is 2. The van der Waals surface area contributed by atoms with Crippen LogP contribution >= 0.6 is 0 Å². The molecule has 1 heterocycles. The fraction of sp³-hybridized carbons (Fsp3) is 0.923. The van der Waals surface area contributed by atoms with E-state index < -0.39 is 11.4 Å². The van der Waals surface area contributed by atoms with Crippen LogP contribution in [0.4, 0.5) is 0 Å². The van der Waals surface area contributed by atoms with Crippen molar-refractivity contribution in [1.29, 1.82) is 0 Å². The number of ether oxygens (including phenoxy) is 1. The van der Waals surface area contributed by atoms with E-state index in [0.29, 0.717) is 12.5 Å². The zero-order valence-corrected chi connectivity index (χ0v) is 10.1. The van der Waals surface area contributed by atoms with Gasteiger partial charge < -0.3 is 9.84 Å². The van der Waals surface area contributed by atoms with Gasteiger partial charge in [0.25, 0.3) is 0 Å². The molecule has 3 nitrogen and oxygen atoms in total. The maximum Gasteiger partial charge on any atom is 0.310 e. The Morgan fingerprint density at radius 1 is 1.31 bits per heavy atom. The summed E-state index contributed by atoms with van der Waals surface area (Å²) in [6, 6.07) is 0. The molecular formula is C13H22O3. The summed E-state index contributed by atoms with van der Waals surface area (Å²) in [4.78, 5) is 11.6. The molecule has 1 saturated heterocycles. The van der Waals surface area contributed by atoms with Crippen molar-refractivity contribution >= 4 is 5.97 Å². The Bertz CT molecular complexity index is 248. The molecule has 0 aromatic rings. The van der Waals surface area contributed by atoms with E-state index in [-0.39, 0.29) is 5.92 Å². The number of hydrogen-bond donors (Lipinski definition) is 1. The molecule has 0 aromatic heterocycles. The molecule has 0 radical (unpaired) electrons. The lowest BCUT2D eigenvalue weighted by molar-refractivity contribution is -0.160. The Hall–Kier alpha value is -0.570. The van der Waals surface area contributed by atoms with Gasteiger partial charge in [0.05, 0.1) is 12.0 Å². The molecule has 1 unspecified atom stereocenters. The van der Waals surface area contributed by atoms with Crippen LogP contribution in [0.2, 0.25) is 0 Å². The van der Waals surface area contributed by atoms with Gasteiger partial charge in [-0.25, -0.2) is 0 Å². The minimum Gasteiger partial charge on any atom is -0.481 e. The van der Waals surface area contributed by atoms with E-state index in [0.717, 1.165) is 45.1 Å². The highest BCUT2D eigenvalue weighted by Crippen LogP contribution is 2.47. The predicted molar refractivity (Wildman–Crippen MR) is 61.2 cm³/mol. The lowest BCUT2D eigenvalue weighted by Crippen LogP contribution is -2.45. The second-order valence-corrected chi connectivity index (χ2v) is 5.56. The summed E-state index contributed by atoms with van der Waals surface area (Å²) in [7, 11) is 0. The molecule has 2 fully saturated rings. The largest absolute Gasteiger partial charge is 0.481 e. The molecule has 3 heteroatoms. The van der Waals surface area contributed by atoms with Crippen molar-refractivity contribution in [2.45, 2.75) is 45.4 Å². The highest BCUT2D eigenvalue weighted by Gasteiger charge is 2.47. The van der Waals surface area contributed by atoms with Crippen molar-refractivity contribution in [3.8, 4) is 0 Å². The van der Waals surface area contributed by atoms with Gasteiger partial charge in [0.15, 0.2) is 0 Å². The standard InChI is InChI=1S/C13H22O3/c1-10-4-6-13(7-5-10,12(14)15)11-3-2-8-16-9-11/h10-11H,2-9H2,1H3,(H,14,15). The SMILES string of the molecule is CC1CCC(C(=O)O)(C2CCCOC2)CC1. The summed E-state index contributed by atoms with van der Waals surface area (Å²) in [5.41, 5.74) is -0.479. The van der Waals surface area contributed by atoms with E-state index in [1.807, 2.05) is 0 Å². The first-order valence-corrected chi connectivity index (χ1v) is 6.46. The van der Waals surface area contributed by atoms with Gasteiger partial charge in [-0.3, -0.25) is 4.79 Å². The average Bonchev–Trinajstić information content (AvgIpc) is 2.31. The van der Waals surface area contributed by atoms with Crippen LogP contribution in [-0.4, -0.2) is 24.3 Å². The zero-order chi connectivity index (χ0) is 11.6. The zero-order valence-electron chi connectivity index (χ0n) is 10.1. The lowest BCUT2D eigenvalue weighted by atomic mass is 9.62. The van der Waals surface area contributed by atoms with Gasteiger partial charge in [-0.2, -0.15) is 0 Å². The van der Waals surface area contributed by atoms with Crippen molar-refractivity contribution in [1.82, 2.24) is 0 Å². The third-order valence-electron chi connectivity index (χ3n) is 4.53. The summed E-state index contributed by atoms with van der Waals surface area (Å²) < 4.78 is 5.47. The highest BCUT2D eigenvalue weighted by molar-refractivity contribution is 5.75. The van der Waals surface area contributed by atoms with Gasteiger partial charge in [-0.1, -0.05) is 6.92 Å². The van der Waals surface area contributed by atoms with Crippen molar-refractivity contribution in [2.24, 2.45) is 17.3 Å². The van der Waals surface area contributed by atoms with Gasteiger partial charge >= 0.3 is 5.97 Å². The minimum absolute atomic E-state index is 0.242. The molecule has 2 rings (SSSR count). The molecule has 0 spiro atoms. The summed E-state index contributed by atoms with van der Waals surface area (Å²) in [5, 5.41) is 9.57. The first-order valence-electron chi connectivity index (χ1n) is 6.46. The first-order chi connectivity index (χ1) is 7.65. The second kappa shape index (κ2) is 4.74. The van der Waals surface area contributed by atoms with Crippen LogP contribution in [-0.2, 0) is 9.53 Å². The number of carbonyl (C=O) groups is 1. The fourth-order valence-electron chi connectivity index (χ4n) is 3.25. The number of rotatable bonds is 2. The number of carboxylic acid groups (broad SMARTS) is 1. The van der Waals surface area contributed by atoms with Crippen LogP contribution in [0.3, 0.4) is 0 Å². The molecule has 1 saturated carbocycles. The first kappa shape index (κ1) is 11.9. The molecular weight excluding hydrogens is 204 g/mol. The average molecular weight is 226 g/mol. The minimum atomic E-state index is -0.588. The van der Waals surface area contributed by atoms with E-state index >= 15 is 0 Å². The van der Waals surface area contributed by atoms with Gasteiger partial charge in [0.2, 0.25) is 0 Å². The maximum absolute atomic E-state index is 11.6.